The van der Waals surface area contributed by atoms with Crippen LogP contribution < -0.4 is 10.6 Å². The summed E-state index contributed by atoms with van der Waals surface area (Å²) in [6, 6.07) is 20.2. The van der Waals surface area contributed by atoms with Crippen molar-refractivity contribution < 1.29 is 9.59 Å². The van der Waals surface area contributed by atoms with Gasteiger partial charge in [-0.25, -0.2) is 0 Å². The Balaban J connectivity index is 1.26. The van der Waals surface area contributed by atoms with Crippen LogP contribution in [0.15, 0.2) is 72.9 Å². The van der Waals surface area contributed by atoms with Crippen molar-refractivity contribution in [3.05, 3.63) is 89.2 Å². The first-order valence-corrected chi connectivity index (χ1v) is 11.9. The lowest BCUT2D eigenvalue weighted by Crippen LogP contribution is -2.53. The number of nitrogens with one attached hydrogen (secondary N) is 3. The minimum absolute atomic E-state index is 0.125. The van der Waals surface area contributed by atoms with Crippen molar-refractivity contribution in [2.45, 2.75) is 37.8 Å². The van der Waals surface area contributed by atoms with Gasteiger partial charge in [-0.3, -0.25) is 14.6 Å². The van der Waals surface area contributed by atoms with Gasteiger partial charge in [-0.2, -0.15) is 0 Å². The monoisotopic (exact) mass is 472 g/mol. The molecule has 0 radical (unpaired) electrons. The maximum Gasteiger partial charge on any atom is 0.268 e. The van der Waals surface area contributed by atoms with Crippen LogP contribution in [0.2, 0.25) is 5.02 Å². The molecule has 2 aromatic carbocycles. The fraction of sp³-hybridized carbons (Fsp3) is 0.222. The van der Waals surface area contributed by atoms with Gasteiger partial charge in [0.05, 0.1) is 5.69 Å². The standard InChI is InChI=1S/C27H25ClN4O2/c28-20-12-13-22-19(15-20)16-25(30-22)27(34)32-24-7-2-1-6-23(24)31-26(33)18-10-8-17(9-11-18)21-5-3-4-14-29-21/h3-5,8-16,23-24,30H,1-2,6-7H2,(H,31,33)(H,32,34)/t23-,24+/m1/s1. The maximum absolute atomic E-state index is 13.0. The first-order chi connectivity index (χ1) is 16.6. The normalized spacial score (nSPS) is 17.9. The van der Waals surface area contributed by atoms with Gasteiger partial charge in [-0.05, 0) is 61.4 Å². The van der Waals surface area contributed by atoms with Crippen LogP contribution in [0.1, 0.15) is 46.5 Å². The number of pyridine rings is 1. The summed E-state index contributed by atoms with van der Waals surface area (Å²) >= 11 is 6.06. The number of benzene rings is 2. The van der Waals surface area contributed by atoms with E-state index in [0.29, 0.717) is 16.3 Å². The zero-order valence-corrected chi connectivity index (χ0v) is 19.3. The highest BCUT2D eigenvalue weighted by molar-refractivity contribution is 6.31. The molecule has 0 saturated heterocycles. The van der Waals surface area contributed by atoms with Gasteiger partial charge in [0.1, 0.15) is 5.69 Å². The van der Waals surface area contributed by atoms with Crippen molar-refractivity contribution in [1.29, 1.82) is 0 Å². The van der Waals surface area contributed by atoms with Gasteiger partial charge in [-0.1, -0.05) is 42.6 Å². The Morgan fingerprint density at radius 3 is 2.32 bits per heavy atom. The fourth-order valence-corrected chi connectivity index (χ4v) is 4.71. The number of H-pyrrole nitrogens is 1. The van der Waals surface area contributed by atoms with Crippen LogP contribution in [-0.2, 0) is 0 Å². The highest BCUT2D eigenvalue weighted by atomic mass is 35.5. The van der Waals surface area contributed by atoms with E-state index in [4.69, 9.17) is 11.6 Å². The van der Waals surface area contributed by atoms with Crippen LogP contribution in [0.3, 0.4) is 0 Å². The molecule has 6 nitrogen and oxygen atoms in total. The van der Waals surface area contributed by atoms with Crippen molar-refractivity contribution in [1.82, 2.24) is 20.6 Å². The predicted molar refractivity (Wildman–Crippen MR) is 134 cm³/mol. The van der Waals surface area contributed by atoms with Gasteiger partial charge >= 0.3 is 0 Å². The van der Waals surface area contributed by atoms with Gasteiger partial charge in [-0.15, -0.1) is 0 Å². The number of hydrogen-bond donors (Lipinski definition) is 3. The molecule has 1 fully saturated rings. The number of carbonyl (C=O) groups is 2. The Kier molecular flexibility index (Phi) is 6.32. The molecule has 0 spiro atoms. The first-order valence-electron chi connectivity index (χ1n) is 11.5. The van der Waals surface area contributed by atoms with Crippen LogP contribution in [0.25, 0.3) is 22.2 Å². The second kappa shape index (κ2) is 9.69. The third kappa shape index (κ3) is 4.82. The fourth-order valence-electron chi connectivity index (χ4n) is 4.53. The Bertz CT molecular complexity index is 1320. The molecule has 7 heteroatoms. The Hall–Kier alpha value is -3.64. The van der Waals surface area contributed by atoms with Gasteiger partial charge < -0.3 is 15.6 Å². The molecule has 1 aliphatic carbocycles. The van der Waals surface area contributed by atoms with Crippen LogP contribution in [-0.4, -0.2) is 33.9 Å². The van der Waals surface area contributed by atoms with Crippen molar-refractivity contribution >= 4 is 34.3 Å². The Labute approximate surface area is 202 Å². The van der Waals surface area contributed by atoms with Crippen molar-refractivity contribution in [3.63, 3.8) is 0 Å². The molecule has 0 unspecified atom stereocenters. The summed E-state index contributed by atoms with van der Waals surface area (Å²) in [4.78, 5) is 33.4. The van der Waals surface area contributed by atoms with Gasteiger partial charge in [0.15, 0.2) is 0 Å². The molecule has 172 valence electrons. The summed E-state index contributed by atoms with van der Waals surface area (Å²) in [7, 11) is 0. The molecule has 0 aliphatic heterocycles. The topological polar surface area (TPSA) is 86.9 Å². The van der Waals surface area contributed by atoms with E-state index < -0.39 is 0 Å². The summed E-state index contributed by atoms with van der Waals surface area (Å²) in [5, 5.41) is 7.78. The Morgan fingerprint density at radius 1 is 0.882 bits per heavy atom. The summed E-state index contributed by atoms with van der Waals surface area (Å²) in [6.07, 6.45) is 5.42. The second-order valence-corrected chi connectivity index (χ2v) is 9.09. The van der Waals surface area contributed by atoms with Crippen LogP contribution in [0.5, 0.6) is 0 Å². The lowest BCUT2D eigenvalue weighted by atomic mass is 9.90. The quantitative estimate of drug-likeness (QED) is 0.365. The summed E-state index contributed by atoms with van der Waals surface area (Å²) in [6.45, 7) is 0. The van der Waals surface area contributed by atoms with E-state index in [-0.39, 0.29) is 23.9 Å². The molecule has 2 aromatic heterocycles. The first kappa shape index (κ1) is 22.2. The maximum atomic E-state index is 13.0. The van der Waals surface area contributed by atoms with Crippen molar-refractivity contribution in [2.24, 2.45) is 0 Å². The largest absolute Gasteiger partial charge is 0.351 e. The number of aromatic nitrogens is 2. The predicted octanol–water partition coefficient (Wildman–Crippen LogP) is 5.35. The van der Waals surface area contributed by atoms with E-state index in [1.807, 2.05) is 54.6 Å². The second-order valence-electron chi connectivity index (χ2n) is 8.65. The molecule has 1 saturated carbocycles. The number of rotatable bonds is 5. The number of nitrogens with zero attached hydrogens (tertiary/aromatic N) is 1. The molecule has 2 heterocycles. The molecular formula is C27H25ClN4O2. The average Bonchev–Trinajstić information content (AvgIpc) is 3.29. The van der Waals surface area contributed by atoms with Crippen molar-refractivity contribution in [2.75, 3.05) is 0 Å². The molecular weight excluding hydrogens is 448 g/mol. The number of halogens is 1. The zero-order valence-electron chi connectivity index (χ0n) is 18.6. The summed E-state index contributed by atoms with van der Waals surface area (Å²) < 4.78 is 0. The third-order valence-electron chi connectivity index (χ3n) is 6.33. The summed E-state index contributed by atoms with van der Waals surface area (Å²) in [5.74, 6) is -0.322. The van der Waals surface area contributed by atoms with E-state index in [1.54, 1.807) is 18.3 Å². The number of carbonyl (C=O) groups excluding carboxylic acids is 2. The van der Waals surface area contributed by atoms with Crippen LogP contribution in [0, 0.1) is 0 Å². The molecule has 4 aromatic rings. The third-order valence-corrected chi connectivity index (χ3v) is 6.57. The smallest absolute Gasteiger partial charge is 0.268 e. The van der Waals surface area contributed by atoms with E-state index in [2.05, 4.69) is 20.6 Å². The van der Waals surface area contributed by atoms with E-state index >= 15 is 0 Å². The molecule has 2 atom stereocenters. The van der Waals surface area contributed by atoms with Gasteiger partial charge in [0, 0.05) is 45.3 Å². The number of hydrogen-bond acceptors (Lipinski definition) is 3. The molecule has 3 N–H and O–H groups in total. The zero-order chi connectivity index (χ0) is 23.5. The number of fused-ring (bicyclic) bond motifs is 1. The van der Waals surface area contributed by atoms with Crippen LogP contribution in [0.4, 0.5) is 0 Å². The molecule has 2 amide bonds. The molecule has 0 bridgehead atoms. The van der Waals surface area contributed by atoms with Gasteiger partial charge in [0.25, 0.3) is 11.8 Å². The lowest BCUT2D eigenvalue weighted by molar-refractivity contribution is 0.0860. The Morgan fingerprint density at radius 2 is 1.62 bits per heavy atom. The number of amides is 2. The molecule has 5 rings (SSSR count). The van der Waals surface area contributed by atoms with E-state index in [9.17, 15) is 9.59 Å². The minimum atomic E-state index is -0.182. The minimum Gasteiger partial charge on any atom is -0.351 e. The highest BCUT2D eigenvalue weighted by Crippen LogP contribution is 2.23. The summed E-state index contributed by atoms with van der Waals surface area (Å²) in [5.41, 5.74) is 3.75. The lowest BCUT2D eigenvalue weighted by Gasteiger charge is -2.32. The SMILES string of the molecule is O=C(N[C@@H]1CCCC[C@@H]1NC(=O)c1cc2cc(Cl)ccc2[nH]1)c1ccc(-c2ccccn2)cc1. The highest BCUT2D eigenvalue weighted by Gasteiger charge is 2.28. The average molecular weight is 473 g/mol. The van der Waals surface area contributed by atoms with Crippen LogP contribution >= 0.6 is 11.6 Å². The van der Waals surface area contributed by atoms with E-state index in [0.717, 1.165) is 47.8 Å². The van der Waals surface area contributed by atoms with E-state index in [1.165, 1.54) is 0 Å². The van der Waals surface area contributed by atoms with Crippen molar-refractivity contribution in [3.8, 4) is 11.3 Å². The molecule has 34 heavy (non-hydrogen) atoms. The molecule has 1 aliphatic rings. The number of aromatic amines is 1. The van der Waals surface area contributed by atoms with Gasteiger partial charge in [0.2, 0.25) is 0 Å².